The minimum atomic E-state index is -0.212. The summed E-state index contributed by atoms with van der Waals surface area (Å²) < 4.78 is 5.02. The summed E-state index contributed by atoms with van der Waals surface area (Å²) in [5.41, 5.74) is 0.759. The van der Waals surface area contributed by atoms with Gasteiger partial charge in [-0.05, 0) is 6.42 Å². The van der Waals surface area contributed by atoms with Crippen LogP contribution in [0, 0.1) is 0 Å². The van der Waals surface area contributed by atoms with Crippen LogP contribution in [0.25, 0.3) is 0 Å². The Morgan fingerprint density at radius 1 is 1.82 bits per heavy atom. The zero-order valence-electron chi connectivity index (χ0n) is 6.21. The predicted octanol–water partition coefficient (Wildman–Crippen LogP) is 1.85. The fourth-order valence-electron chi connectivity index (χ4n) is 0.921. The maximum atomic E-state index is 11.0. The number of hydrogen-bond acceptors (Lipinski definition) is 2. The molecule has 0 fully saturated rings. The first-order chi connectivity index (χ1) is 5.24. The number of carbonyl (C=O) groups is 1. The molecule has 0 spiro atoms. The molecule has 0 saturated carbocycles. The molecule has 3 heteroatoms. The zero-order valence-corrected chi connectivity index (χ0v) is 8.37. The molecule has 0 heterocycles. The van der Waals surface area contributed by atoms with Crippen LogP contribution in [0.5, 0.6) is 0 Å². The van der Waals surface area contributed by atoms with Gasteiger partial charge in [0.15, 0.2) is 0 Å². The molecule has 0 bridgehead atoms. The summed E-state index contributed by atoms with van der Waals surface area (Å²) in [7, 11) is 1.41. The molecule has 1 rings (SSSR count). The molecule has 1 unspecified atom stereocenters. The normalized spacial score (nSPS) is 22.7. The molecular formula is C8H9IO2. The van der Waals surface area contributed by atoms with Gasteiger partial charge in [-0.2, -0.15) is 0 Å². The SMILES string of the molecule is COC(=O)C1=CC=CC(I)C1. The molecule has 0 aromatic carbocycles. The van der Waals surface area contributed by atoms with E-state index in [1.54, 1.807) is 6.08 Å². The zero-order chi connectivity index (χ0) is 8.27. The Hall–Kier alpha value is -0.320. The summed E-state index contributed by atoms with van der Waals surface area (Å²) in [6, 6.07) is 0. The van der Waals surface area contributed by atoms with Crippen LogP contribution in [0.1, 0.15) is 6.42 Å². The van der Waals surface area contributed by atoms with Crippen molar-refractivity contribution >= 4 is 28.6 Å². The van der Waals surface area contributed by atoms with Crippen molar-refractivity contribution in [3.05, 3.63) is 23.8 Å². The minimum Gasteiger partial charge on any atom is -0.466 e. The van der Waals surface area contributed by atoms with Gasteiger partial charge in [-0.15, -0.1) is 0 Å². The minimum absolute atomic E-state index is 0.212. The lowest BCUT2D eigenvalue weighted by molar-refractivity contribution is -0.136. The number of rotatable bonds is 1. The maximum absolute atomic E-state index is 11.0. The van der Waals surface area contributed by atoms with Crippen LogP contribution in [0.15, 0.2) is 23.8 Å². The van der Waals surface area contributed by atoms with E-state index in [2.05, 4.69) is 33.4 Å². The smallest absolute Gasteiger partial charge is 0.333 e. The van der Waals surface area contributed by atoms with E-state index in [1.165, 1.54) is 7.11 Å². The van der Waals surface area contributed by atoms with Crippen LogP contribution in [0.4, 0.5) is 0 Å². The second-order valence-electron chi connectivity index (χ2n) is 2.29. The molecule has 1 aliphatic carbocycles. The van der Waals surface area contributed by atoms with E-state index in [9.17, 15) is 4.79 Å². The predicted molar refractivity (Wildman–Crippen MR) is 51.7 cm³/mol. The molecule has 1 aliphatic rings. The summed E-state index contributed by atoms with van der Waals surface area (Å²) in [6.45, 7) is 0. The van der Waals surface area contributed by atoms with Gasteiger partial charge in [0.25, 0.3) is 0 Å². The number of hydrogen-bond donors (Lipinski definition) is 0. The monoisotopic (exact) mass is 264 g/mol. The molecule has 60 valence electrons. The standard InChI is InChI=1S/C8H9IO2/c1-11-8(10)6-3-2-4-7(9)5-6/h2-4,7H,5H2,1H3. The van der Waals surface area contributed by atoms with E-state index in [-0.39, 0.29) is 5.97 Å². The van der Waals surface area contributed by atoms with Gasteiger partial charge in [0, 0.05) is 9.50 Å². The fourth-order valence-corrected chi connectivity index (χ4v) is 1.64. The summed E-state index contributed by atoms with van der Waals surface area (Å²) in [5, 5.41) is 0. The average molecular weight is 264 g/mol. The fraction of sp³-hybridized carbons (Fsp3) is 0.375. The number of esters is 1. The van der Waals surface area contributed by atoms with Crippen LogP contribution in [-0.4, -0.2) is 17.0 Å². The summed E-state index contributed by atoms with van der Waals surface area (Å²) in [6.07, 6.45) is 6.55. The molecule has 0 radical (unpaired) electrons. The van der Waals surface area contributed by atoms with Crippen LogP contribution in [0.2, 0.25) is 0 Å². The Labute approximate surface area is 79.4 Å². The first kappa shape index (κ1) is 8.77. The highest BCUT2D eigenvalue weighted by atomic mass is 127. The summed E-state index contributed by atoms with van der Waals surface area (Å²) in [4.78, 5) is 11.0. The van der Waals surface area contributed by atoms with E-state index in [4.69, 9.17) is 0 Å². The van der Waals surface area contributed by atoms with Gasteiger partial charge in [-0.25, -0.2) is 4.79 Å². The number of halogens is 1. The third-order valence-electron chi connectivity index (χ3n) is 1.48. The second kappa shape index (κ2) is 3.90. The van der Waals surface area contributed by atoms with E-state index >= 15 is 0 Å². The molecule has 0 aromatic heterocycles. The number of carbonyl (C=O) groups excluding carboxylic acids is 1. The third kappa shape index (κ3) is 2.32. The highest BCUT2D eigenvalue weighted by molar-refractivity contribution is 14.1. The first-order valence-corrected chi connectivity index (χ1v) is 4.58. The van der Waals surface area contributed by atoms with E-state index < -0.39 is 0 Å². The molecule has 0 amide bonds. The second-order valence-corrected chi connectivity index (χ2v) is 3.89. The van der Waals surface area contributed by atoms with E-state index in [1.807, 2.05) is 6.08 Å². The van der Waals surface area contributed by atoms with Crippen LogP contribution in [0.3, 0.4) is 0 Å². The first-order valence-electron chi connectivity index (χ1n) is 3.34. The van der Waals surface area contributed by atoms with Crippen molar-refractivity contribution in [3.8, 4) is 0 Å². The van der Waals surface area contributed by atoms with Gasteiger partial charge in [0.05, 0.1) is 7.11 Å². The van der Waals surface area contributed by atoms with Crippen molar-refractivity contribution < 1.29 is 9.53 Å². The lowest BCUT2D eigenvalue weighted by Crippen LogP contribution is -2.10. The number of ether oxygens (including phenoxy) is 1. The van der Waals surface area contributed by atoms with Gasteiger partial charge >= 0.3 is 5.97 Å². The van der Waals surface area contributed by atoms with Crippen molar-refractivity contribution in [2.75, 3.05) is 7.11 Å². The number of allylic oxidation sites excluding steroid dienone is 3. The van der Waals surface area contributed by atoms with E-state index in [0.29, 0.717) is 3.92 Å². The summed E-state index contributed by atoms with van der Waals surface area (Å²) >= 11 is 2.29. The molecule has 11 heavy (non-hydrogen) atoms. The van der Waals surface area contributed by atoms with Gasteiger partial charge in [-0.1, -0.05) is 40.8 Å². The van der Waals surface area contributed by atoms with Gasteiger partial charge in [0.1, 0.15) is 0 Å². The van der Waals surface area contributed by atoms with Crippen molar-refractivity contribution in [2.45, 2.75) is 10.3 Å². The number of methoxy groups -OCH3 is 1. The van der Waals surface area contributed by atoms with Crippen molar-refractivity contribution in [1.29, 1.82) is 0 Å². The quantitative estimate of drug-likeness (QED) is 0.410. The average Bonchev–Trinajstić information content (AvgIpc) is 2.03. The van der Waals surface area contributed by atoms with Crippen LogP contribution in [-0.2, 0) is 9.53 Å². The van der Waals surface area contributed by atoms with Crippen molar-refractivity contribution in [2.24, 2.45) is 0 Å². The lowest BCUT2D eigenvalue weighted by atomic mass is 10.1. The summed E-state index contributed by atoms with van der Waals surface area (Å²) in [5.74, 6) is -0.212. The lowest BCUT2D eigenvalue weighted by Gasteiger charge is -2.10. The van der Waals surface area contributed by atoms with Gasteiger partial charge in [-0.3, -0.25) is 0 Å². The van der Waals surface area contributed by atoms with Crippen LogP contribution >= 0.6 is 22.6 Å². The molecule has 0 aromatic rings. The molecule has 2 nitrogen and oxygen atoms in total. The Kier molecular flexibility index (Phi) is 3.11. The Bertz CT molecular complexity index is 218. The highest BCUT2D eigenvalue weighted by Crippen LogP contribution is 2.19. The van der Waals surface area contributed by atoms with Crippen LogP contribution < -0.4 is 0 Å². The molecule has 0 saturated heterocycles. The topological polar surface area (TPSA) is 26.3 Å². The Balaban J connectivity index is 2.66. The molecule has 0 aliphatic heterocycles. The molecular weight excluding hydrogens is 255 g/mol. The number of alkyl halides is 1. The van der Waals surface area contributed by atoms with Crippen molar-refractivity contribution in [1.82, 2.24) is 0 Å². The molecule has 1 atom stereocenters. The highest BCUT2D eigenvalue weighted by Gasteiger charge is 2.14. The van der Waals surface area contributed by atoms with E-state index in [0.717, 1.165) is 12.0 Å². The van der Waals surface area contributed by atoms with Gasteiger partial charge in [0.2, 0.25) is 0 Å². The van der Waals surface area contributed by atoms with Gasteiger partial charge < -0.3 is 4.74 Å². The molecule has 0 N–H and O–H groups in total. The largest absolute Gasteiger partial charge is 0.466 e. The Morgan fingerprint density at radius 2 is 2.55 bits per heavy atom. The van der Waals surface area contributed by atoms with Crippen molar-refractivity contribution in [3.63, 3.8) is 0 Å². The Morgan fingerprint density at radius 3 is 3.09 bits per heavy atom. The third-order valence-corrected chi connectivity index (χ3v) is 2.34. The maximum Gasteiger partial charge on any atom is 0.333 e.